The summed E-state index contributed by atoms with van der Waals surface area (Å²) in [6.07, 6.45) is 2.16. The van der Waals surface area contributed by atoms with E-state index in [4.69, 9.17) is 12.2 Å². The average molecular weight is 417 g/mol. The summed E-state index contributed by atoms with van der Waals surface area (Å²) in [6, 6.07) is 2.60. The van der Waals surface area contributed by atoms with Crippen LogP contribution in [-0.2, 0) is 19.4 Å². The Morgan fingerprint density at radius 1 is 1.52 bits per heavy atom. The van der Waals surface area contributed by atoms with Crippen molar-refractivity contribution in [3.05, 3.63) is 27.3 Å². The highest BCUT2D eigenvalue weighted by Crippen LogP contribution is 2.34. The zero-order valence-electron chi connectivity index (χ0n) is 13.3. The lowest BCUT2D eigenvalue weighted by molar-refractivity contribution is -0.132. The number of hydrogen-bond acceptors (Lipinski definition) is 7. The summed E-state index contributed by atoms with van der Waals surface area (Å²) in [5.74, 6) is -0.667. The highest BCUT2D eigenvalue weighted by atomic mass is 32.2. The molecular weight excluding hydrogens is 400 g/mol. The molecule has 1 N–H and O–H groups in total. The van der Waals surface area contributed by atoms with Crippen molar-refractivity contribution in [2.75, 3.05) is 11.5 Å². The van der Waals surface area contributed by atoms with E-state index >= 15 is 0 Å². The quantitative estimate of drug-likeness (QED) is 0.593. The van der Waals surface area contributed by atoms with Crippen molar-refractivity contribution in [1.29, 1.82) is 0 Å². The van der Waals surface area contributed by atoms with Crippen molar-refractivity contribution in [3.63, 3.8) is 0 Å². The first-order valence-corrected chi connectivity index (χ1v) is 11.5. The number of nitrogens with zero attached hydrogens (tertiary/aromatic N) is 1. The molecule has 6 nitrogen and oxygen atoms in total. The molecule has 134 valence electrons. The fourth-order valence-electron chi connectivity index (χ4n) is 2.66. The molecule has 0 aliphatic carbocycles. The summed E-state index contributed by atoms with van der Waals surface area (Å²) in [7, 11) is -3.08. The normalized spacial score (nSPS) is 25.6. The molecule has 3 heterocycles. The first kappa shape index (κ1) is 18.6. The minimum Gasteiger partial charge on any atom is -0.351 e. The molecule has 0 aromatic carbocycles. The van der Waals surface area contributed by atoms with Gasteiger partial charge < -0.3 is 5.32 Å². The summed E-state index contributed by atoms with van der Waals surface area (Å²) in [5.41, 5.74) is 0. The van der Waals surface area contributed by atoms with Gasteiger partial charge in [0, 0.05) is 10.9 Å². The number of sulfone groups is 1. The Balaban J connectivity index is 1.69. The van der Waals surface area contributed by atoms with Crippen molar-refractivity contribution in [1.82, 2.24) is 10.2 Å². The van der Waals surface area contributed by atoms with E-state index in [0.29, 0.717) is 15.6 Å². The summed E-state index contributed by atoms with van der Waals surface area (Å²) < 4.78 is 23.3. The van der Waals surface area contributed by atoms with Gasteiger partial charge in [-0.1, -0.05) is 30.0 Å². The molecule has 0 bridgehead atoms. The largest absolute Gasteiger partial charge is 0.351 e. The second-order valence-electron chi connectivity index (χ2n) is 5.85. The van der Waals surface area contributed by atoms with Crippen LogP contribution in [0.5, 0.6) is 0 Å². The minimum absolute atomic E-state index is 0.0534. The van der Waals surface area contributed by atoms with Crippen LogP contribution in [0.25, 0.3) is 6.08 Å². The SMILES string of the molecule is C[C@@H](C(=O)N[C@H]1CCS(=O)(=O)C1)N1C(=O)/C(=C\c2cccs2)SC1=S. The van der Waals surface area contributed by atoms with Crippen LogP contribution in [0, 0.1) is 0 Å². The molecule has 2 atom stereocenters. The molecule has 2 aliphatic heterocycles. The standard InChI is InChI=1S/C15H16N2O4S4/c1-9(13(18)16-10-4-6-25(20,21)8-10)17-14(19)12(24-15(17)22)7-11-3-2-5-23-11/h2-3,5,7,9-10H,4,6,8H2,1H3,(H,16,18)/b12-7+/t9-,10-/m0/s1. The van der Waals surface area contributed by atoms with E-state index in [1.165, 1.54) is 28.0 Å². The van der Waals surface area contributed by atoms with E-state index in [9.17, 15) is 18.0 Å². The number of thiocarbonyl (C=S) groups is 1. The van der Waals surface area contributed by atoms with Gasteiger partial charge in [-0.25, -0.2) is 8.42 Å². The zero-order chi connectivity index (χ0) is 18.2. The van der Waals surface area contributed by atoms with E-state index in [-0.39, 0.29) is 17.4 Å². The van der Waals surface area contributed by atoms with Gasteiger partial charge in [-0.15, -0.1) is 11.3 Å². The van der Waals surface area contributed by atoms with Gasteiger partial charge >= 0.3 is 0 Å². The van der Waals surface area contributed by atoms with Crippen molar-refractivity contribution in [2.24, 2.45) is 0 Å². The van der Waals surface area contributed by atoms with Crippen LogP contribution in [0.4, 0.5) is 0 Å². The van der Waals surface area contributed by atoms with Crippen molar-refractivity contribution in [3.8, 4) is 0 Å². The Kier molecular flexibility index (Phi) is 5.33. The Hall–Kier alpha value is -1.23. The van der Waals surface area contributed by atoms with Crippen LogP contribution in [0.2, 0.25) is 0 Å². The summed E-state index contributed by atoms with van der Waals surface area (Å²) >= 11 is 7.94. The highest BCUT2D eigenvalue weighted by Gasteiger charge is 2.39. The molecule has 0 spiro atoms. The Morgan fingerprint density at radius 3 is 2.88 bits per heavy atom. The summed E-state index contributed by atoms with van der Waals surface area (Å²) in [6.45, 7) is 1.59. The van der Waals surface area contributed by atoms with Gasteiger partial charge in [0.05, 0.1) is 16.4 Å². The number of carbonyl (C=O) groups is 2. The topological polar surface area (TPSA) is 83.6 Å². The maximum atomic E-state index is 12.6. The number of nitrogens with one attached hydrogen (secondary N) is 1. The van der Waals surface area contributed by atoms with Crippen LogP contribution in [0.15, 0.2) is 22.4 Å². The fourth-order valence-corrected chi connectivity index (χ4v) is 6.48. The number of carbonyl (C=O) groups excluding carboxylic acids is 2. The number of thioether (sulfide) groups is 1. The Morgan fingerprint density at radius 2 is 2.28 bits per heavy atom. The smallest absolute Gasteiger partial charge is 0.266 e. The van der Waals surface area contributed by atoms with Gasteiger partial charge in [-0.3, -0.25) is 14.5 Å². The van der Waals surface area contributed by atoms with Gasteiger partial charge in [0.15, 0.2) is 9.84 Å². The van der Waals surface area contributed by atoms with Gasteiger partial charge in [-0.05, 0) is 30.9 Å². The molecule has 0 saturated carbocycles. The third-order valence-electron chi connectivity index (χ3n) is 3.99. The molecule has 3 rings (SSSR count). The highest BCUT2D eigenvalue weighted by molar-refractivity contribution is 8.26. The van der Waals surface area contributed by atoms with Crippen LogP contribution in [-0.4, -0.2) is 53.0 Å². The van der Waals surface area contributed by atoms with Gasteiger partial charge in [0.1, 0.15) is 10.4 Å². The monoisotopic (exact) mass is 416 g/mol. The molecule has 2 saturated heterocycles. The third kappa shape index (κ3) is 4.13. The first-order valence-electron chi connectivity index (χ1n) is 7.58. The van der Waals surface area contributed by atoms with Crippen molar-refractivity contribution < 1.29 is 18.0 Å². The third-order valence-corrected chi connectivity index (χ3v) is 7.90. The lowest BCUT2D eigenvalue weighted by Gasteiger charge is -2.23. The summed E-state index contributed by atoms with van der Waals surface area (Å²) in [4.78, 5) is 27.7. The van der Waals surface area contributed by atoms with Crippen molar-refractivity contribution in [2.45, 2.75) is 25.4 Å². The molecule has 2 fully saturated rings. The first-order chi connectivity index (χ1) is 11.8. The van der Waals surface area contributed by atoms with E-state index in [1.807, 2.05) is 17.5 Å². The fraction of sp³-hybridized carbons (Fsp3) is 0.400. The van der Waals surface area contributed by atoms with Crippen LogP contribution >= 0.6 is 35.3 Å². The van der Waals surface area contributed by atoms with Crippen LogP contribution in [0.3, 0.4) is 0 Å². The van der Waals surface area contributed by atoms with Crippen molar-refractivity contribution >= 4 is 67.4 Å². The molecule has 25 heavy (non-hydrogen) atoms. The minimum atomic E-state index is -3.08. The molecular formula is C15H16N2O4S4. The van der Waals surface area contributed by atoms with Crippen LogP contribution < -0.4 is 5.32 Å². The molecule has 0 unspecified atom stereocenters. The number of hydrogen-bond donors (Lipinski definition) is 1. The Labute approximate surface area is 159 Å². The molecule has 1 aromatic heterocycles. The van der Waals surface area contributed by atoms with E-state index in [1.54, 1.807) is 13.0 Å². The lowest BCUT2D eigenvalue weighted by atomic mass is 10.2. The second kappa shape index (κ2) is 7.18. The second-order valence-corrected chi connectivity index (χ2v) is 10.7. The van der Waals surface area contributed by atoms with E-state index < -0.39 is 27.8 Å². The molecule has 1 aromatic rings. The Bertz CT molecular complexity index is 845. The predicted octanol–water partition coefficient (Wildman–Crippen LogP) is 1.64. The zero-order valence-corrected chi connectivity index (χ0v) is 16.6. The average Bonchev–Trinajstić information content (AvgIpc) is 3.21. The maximum absolute atomic E-state index is 12.6. The molecule has 0 radical (unpaired) electrons. The molecule has 2 aliphatic rings. The molecule has 2 amide bonds. The van der Waals surface area contributed by atoms with Crippen LogP contribution in [0.1, 0.15) is 18.2 Å². The number of amides is 2. The summed E-state index contributed by atoms with van der Waals surface area (Å²) in [5, 5.41) is 4.63. The van der Waals surface area contributed by atoms with E-state index in [2.05, 4.69) is 5.32 Å². The number of rotatable bonds is 4. The van der Waals surface area contributed by atoms with Gasteiger partial charge in [-0.2, -0.15) is 0 Å². The maximum Gasteiger partial charge on any atom is 0.266 e. The lowest BCUT2D eigenvalue weighted by Crippen LogP contribution is -2.50. The number of thiophene rings is 1. The van der Waals surface area contributed by atoms with Gasteiger partial charge in [0.2, 0.25) is 5.91 Å². The molecule has 10 heteroatoms. The van der Waals surface area contributed by atoms with Gasteiger partial charge in [0.25, 0.3) is 5.91 Å². The predicted molar refractivity (Wildman–Crippen MR) is 104 cm³/mol. The van der Waals surface area contributed by atoms with E-state index in [0.717, 1.165) is 4.88 Å².